The molecule has 2 atom stereocenters. The Labute approximate surface area is 143 Å². The summed E-state index contributed by atoms with van der Waals surface area (Å²) in [5.41, 5.74) is 2.56. The van der Waals surface area contributed by atoms with Crippen LogP contribution in [0.2, 0.25) is 0 Å². The summed E-state index contributed by atoms with van der Waals surface area (Å²) in [6.07, 6.45) is 3.07. The number of benzene rings is 1. The van der Waals surface area contributed by atoms with Crippen LogP contribution in [0.1, 0.15) is 13.3 Å². The Hall–Kier alpha value is -2.12. The topological polar surface area (TPSA) is 63.4 Å². The van der Waals surface area contributed by atoms with Gasteiger partial charge < -0.3 is 19.4 Å². The summed E-state index contributed by atoms with van der Waals surface area (Å²) in [7, 11) is 0. The molecule has 7 heteroatoms. The number of hydrogen-bond donors (Lipinski definition) is 1. The van der Waals surface area contributed by atoms with E-state index in [1.165, 1.54) is 6.42 Å². The van der Waals surface area contributed by atoms with E-state index in [9.17, 15) is 0 Å². The van der Waals surface area contributed by atoms with Crippen molar-refractivity contribution in [3.05, 3.63) is 23.7 Å². The predicted molar refractivity (Wildman–Crippen MR) is 93.8 cm³/mol. The van der Waals surface area contributed by atoms with Gasteiger partial charge in [-0.2, -0.15) is 4.98 Å². The van der Waals surface area contributed by atoms with Gasteiger partial charge in [-0.25, -0.2) is 4.98 Å². The minimum atomic E-state index is 0.566. The lowest BCUT2D eigenvalue weighted by Crippen LogP contribution is -2.67. The molecule has 3 aliphatic heterocycles. The normalized spacial score (nSPS) is 22.6. The first-order chi connectivity index (χ1) is 11.8. The Morgan fingerprint density at radius 2 is 2.21 bits per heavy atom. The molecule has 6 rings (SSSR count). The summed E-state index contributed by atoms with van der Waals surface area (Å²) in [5, 5.41) is 6.42. The Kier molecular flexibility index (Phi) is 3.24. The largest absolute Gasteiger partial charge is 0.494 e. The van der Waals surface area contributed by atoms with Crippen LogP contribution < -0.4 is 15.0 Å². The summed E-state index contributed by atoms with van der Waals surface area (Å²) in [6, 6.07) is 5.78. The lowest BCUT2D eigenvalue weighted by atomic mass is 9.92. The third-order valence-electron chi connectivity index (χ3n) is 4.62. The molecule has 2 unspecified atom stereocenters. The molecule has 2 aromatic heterocycles. The summed E-state index contributed by atoms with van der Waals surface area (Å²) >= 11 is 1.59. The number of hydrogen-bond acceptors (Lipinski definition) is 7. The monoisotopic (exact) mass is 342 g/mol. The number of anilines is 1. The van der Waals surface area contributed by atoms with E-state index in [-0.39, 0.29) is 0 Å². The molecule has 3 fully saturated rings. The second kappa shape index (κ2) is 5.46. The molecule has 3 aliphatic rings. The van der Waals surface area contributed by atoms with Gasteiger partial charge in [-0.05, 0) is 19.4 Å². The number of piperidine rings is 1. The summed E-state index contributed by atoms with van der Waals surface area (Å²) in [6.45, 7) is 4.51. The fourth-order valence-corrected chi connectivity index (χ4v) is 4.22. The van der Waals surface area contributed by atoms with Gasteiger partial charge >= 0.3 is 0 Å². The number of fused-ring (bicyclic) bond motifs is 3. The van der Waals surface area contributed by atoms with Gasteiger partial charge in [-0.3, -0.25) is 0 Å². The zero-order valence-electron chi connectivity index (χ0n) is 13.4. The van der Waals surface area contributed by atoms with Crippen molar-refractivity contribution in [3.8, 4) is 16.3 Å². The number of piperazine rings is 1. The zero-order valence-corrected chi connectivity index (χ0v) is 14.2. The number of nitrogens with zero attached hydrogens (tertiary/aromatic N) is 3. The highest BCUT2D eigenvalue weighted by Gasteiger charge is 2.38. The van der Waals surface area contributed by atoms with E-state index < -0.39 is 0 Å². The Morgan fingerprint density at radius 1 is 1.38 bits per heavy atom. The van der Waals surface area contributed by atoms with Gasteiger partial charge in [0.05, 0.1) is 12.2 Å². The molecule has 124 valence electrons. The van der Waals surface area contributed by atoms with Crippen LogP contribution in [-0.4, -0.2) is 41.7 Å². The van der Waals surface area contributed by atoms with Crippen molar-refractivity contribution in [2.45, 2.75) is 25.4 Å². The quantitative estimate of drug-likeness (QED) is 0.786. The number of thiazole rings is 1. The molecule has 0 spiro atoms. The minimum Gasteiger partial charge on any atom is -0.494 e. The molecule has 0 saturated carbocycles. The van der Waals surface area contributed by atoms with Crippen molar-refractivity contribution >= 4 is 28.5 Å². The number of nitrogens with one attached hydrogen (secondary N) is 1. The Balaban J connectivity index is 1.60. The fourth-order valence-electron chi connectivity index (χ4n) is 3.57. The molecule has 2 bridgehead atoms. The van der Waals surface area contributed by atoms with Crippen LogP contribution in [0, 0.1) is 0 Å². The average Bonchev–Trinajstić information content (AvgIpc) is 3.23. The molecule has 1 aromatic carbocycles. The van der Waals surface area contributed by atoms with E-state index in [1.807, 2.05) is 24.4 Å². The first-order valence-corrected chi connectivity index (χ1v) is 9.16. The Morgan fingerprint density at radius 3 is 2.92 bits per heavy atom. The SMILES string of the molecule is CCOc1cc(-c2nccs2)c2oc(N3CC4CC(C3)N4)nc2c1. The Bertz CT molecular complexity index is 860. The zero-order chi connectivity index (χ0) is 16.1. The maximum atomic E-state index is 6.16. The van der Waals surface area contributed by atoms with E-state index >= 15 is 0 Å². The van der Waals surface area contributed by atoms with Crippen LogP contribution in [0.25, 0.3) is 21.7 Å². The van der Waals surface area contributed by atoms with Crippen molar-refractivity contribution in [2.24, 2.45) is 0 Å². The molecule has 5 heterocycles. The molecule has 24 heavy (non-hydrogen) atoms. The average molecular weight is 342 g/mol. The second-order valence-corrected chi connectivity index (χ2v) is 7.18. The first-order valence-electron chi connectivity index (χ1n) is 8.28. The molecular weight excluding hydrogens is 324 g/mol. The van der Waals surface area contributed by atoms with Crippen LogP contribution in [0.3, 0.4) is 0 Å². The summed E-state index contributed by atoms with van der Waals surface area (Å²) < 4.78 is 11.9. The lowest BCUT2D eigenvalue weighted by molar-refractivity contribution is 0.220. The highest BCUT2D eigenvalue weighted by molar-refractivity contribution is 7.13. The predicted octanol–water partition coefficient (Wildman–Crippen LogP) is 2.90. The maximum Gasteiger partial charge on any atom is 0.298 e. The van der Waals surface area contributed by atoms with Crippen molar-refractivity contribution < 1.29 is 9.15 Å². The van der Waals surface area contributed by atoms with Crippen LogP contribution >= 0.6 is 11.3 Å². The molecule has 6 nitrogen and oxygen atoms in total. The van der Waals surface area contributed by atoms with Crippen LogP contribution in [0.4, 0.5) is 6.01 Å². The van der Waals surface area contributed by atoms with Gasteiger partial charge in [0.25, 0.3) is 6.01 Å². The third kappa shape index (κ3) is 2.27. The molecule has 0 aliphatic carbocycles. The van der Waals surface area contributed by atoms with E-state index in [2.05, 4.69) is 15.2 Å². The van der Waals surface area contributed by atoms with Crippen LogP contribution in [0.5, 0.6) is 5.75 Å². The van der Waals surface area contributed by atoms with Gasteiger partial charge in [0.1, 0.15) is 16.3 Å². The highest BCUT2D eigenvalue weighted by atomic mass is 32.1. The maximum absolute atomic E-state index is 6.16. The van der Waals surface area contributed by atoms with E-state index in [1.54, 1.807) is 17.5 Å². The number of oxazole rings is 1. The molecule has 1 N–H and O–H groups in total. The van der Waals surface area contributed by atoms with Gasteiger partial charge in [0.15, 0.2) is 5.58 Å². The molecule has 0 radical (unpaired) electrons. The van der Waals surface area contributed by atoms with Gasteiger partial charge in [0.2, 0.25) is 0 Å². The smallest absolute Gasteiger partial charge is 0.298 e. The first kappa shape index (κ1) is 14.2. The molecule has 3 aromatic rings. The molecule has 0 amide bonds. The van der Waals surface area contributed by atoms with Crippen molar-refractivity contribution in [1.82, 2.24) is 15.3 Å². The number of aromatic nitrogens is 2. The van der Waals surface area contributed by atoms with Crippen LogP contribution in [0.15, 0.2) is 28.1 Å². The van der Waals surface area contributed by atoms with E-state index in [0.717, 1.165) is 40.5 Å². The highest BCUT2D eigenvalue weighted by Crippen LogP contribution is 2.37. The van der Waals surface area contributed by atoms with E-state index in [0.29, 0.717) is 24.7 Å². The number of ether oxygens (including phenoxy) is 1. The minimum absolute atomic E-state index is 0.566. The fraction of sp³-hybridized carbons (Fsp3) is 0.412. The van der Waals surface area contributed by atoms with Gasteiger partial charge in [-0.15, -0.1) is 11.3 Å². The van der Waals surface area contributed by atoms with Crippen molar-refractivity contribution in [3.63, 3.8) is 0 Å². The van der Waals surface area contributed by atoms with Gasteiger partial charge in [0, 0.05) is 42.8 Å². The van der Waals surface area contributed by atoms with Crippen molar-refractivity contribution in [2.75, 3.05) is 24.6 Å². The standard InChI is InChI=1S/C17H18N4O2S/c1-2-22-12-6-13(16-18-3-4-24-16)15-14(7-12)20-17(23-15)21-8-10-5-11(9-21)19-10/h3-4,6-7,10-11,19H,2,5,8-9H2,1H3. The third-order valence-corrected chi connectivity index (χ3v) is 5.42. The molecule has 3 saturated heterocycles. The number of rotatable bonds is 4. The van der Waals surface area contributed by atoms with Gasteiger partial charge in [-0.1, -0.05) is 0 Å². The van der Waals surface area contributed by atoms with E-state index in [4.69, 9.17) is 14.1 Å². The summed E-state index contributed by atoms with van der Waals surface area (Å²) in [4.78, 5) is 11.4. The van der Waals surface area contributed by atoms with Crippen LogP contribution in [-0.2, 0) is 0 Å². The molecular formula is C17H18N4O2S. The lowest BCUT2D eigenvalue weighted by Gasteiger charge is -2.47. The van der Waals surface area contributed by atoms with Crippen molar-refractivity contribution in [1.29, 1.82) is 0 Å². The second-order valence-electron chi connectivity index (χ2n) is 6.29. The summed E-state index contributed by atoms with van der Waals surface area (Å²) in [5.74, 6) is 0.804.